The Kier molecular flexibility index (Phi) is 8.48. The number of carbonyl (C=O) groups excluding carboxylic acids is 1. The molecule has 1 aromatic heterocycles. The van der Waals surface area contributed by atoms with Gasteiger partial charge in [0.25, 0.3) is 5.69 Å². The van der Waals surface area contributed by atoms with Crippen LogP contribution in [0.5, 0.6) is 5.75 Å². The van der Waals surface area contributed by atoms with Gasteiger partial charge in [-0.3, -0.25) is 20.2 Å². The summed E-state index contributed by atoms with van der Waals surface area (Å²) >= 11 is 0. The highest BCUT2D eigenvalue weighted by atomic mass is 16.6. The fourth-order valence-corrected chi connectivity index (χ4v) is 2.53. The number of esters is 1. The average Bonchev–Trinajstić information content (AvgIpc) is 2.73. The van der Waals surface area contributed by atoms with Gasteiger partial charge >= 0.3 is 11.7 Å². The van der Waals surface area contributed by atoms with E-state index in [1.165, 1.54) is 30.5 Å². The maximum atomic E-state index is 12.1. The van der Waals surface area contributed by atoms with E-state index in [9.17, 15) is 25.0 Å². The highest BCUT2D eigenvalue weighted by Crippen LogP contribution is 2.28. The van der Waals surface area contributed by atoms with Crippen LogP contribution < -0.4 is 10.1 Å². The van der Waals surface area contributed by atoms with Gasteiger partial charge in [0.2, 0.25) is 0 Å². The van der Waals surface area contributed by atoms with Crippen molar-refractivity contribution in [1.29, 1.82) is 0 Å². The summed E-state index contributed by atoms with van der Waals surface area (Å²) in [6.07, 6.45) is 3.37. The Morgan fingerprint density at radius 1 is 1.10 bits per heavy atom. The third-order valence-electron chi connectivity index (χ3n) is 4.01. The molecule has 0 aliphatic carbocycles. The summed E-state index contributed by atoms with van der Waals surface area (Å²) in [6, 6.07) is 6.88. The molecule has 11 nitrogen and oxygen atoms in total. The zero-order chi connectivity index (χ0) is 21.9. The van der Waals surface area contributed by atoms with Crippen LogP contribution in [0.4, 0.5) is 17.2 Å². The molecule has 0 bridgehead atoms. The Hall–Kier alpha value is -3.76. The third-order valence-corrected chi connectivity index (χ3v) is 4.01. The zero-order valence-electron chi connectivity index (χ0n) is 16.4. The standard InChI is InChI=1S/C19H22N4O7/c1-2-29-17-8-6-14(12-16(17)23(27)28)19(24)30-11-5-3-4-10-20-18-9-7-15(13-21-18)22(25)26/h6-9,12-13H,2-5,10-11H2,1H3,(H,20,21). The first-order chi connectivity index (χ1) is 14.4. The Bertz CT molecular complexity index is 887. The first-order valence-electron chi connectivity index (χ1n) is 9.35. The van der Waals surface area contributed by atoms with E-state index in [0.717, 1.165) is 18.9 Å². The Labute approximate surface area is 172 Å². The van der Waals surface area contributed by atoms with Gasteiger partial charge < -0.3 is 14.8 Å². The molecule has 2 aromatic rings. The van der Waals surface area contributed by atoms with E-state index in [2.05, 4.69) is 10.3 Å². The molecule has 0 radical (unpaired) electrons. The van der Waals surface area contributed by atoms with E-state index in [0.29, 0.717) is 18.8 Å². The van der Waals surface area contributed by atoms with E-state index in [1.807, 2.05) is 0 Å². The smallest absolute Gasteiger partial charge is 0.338 e. The van der Waals surface area contributed by atoms with E-state index in [1.54, 1.807) is 6.92 Å². The molecule has 0 aliphatic rings. The summed E-state index contributed by atoms with van der Waals surface area (Å²) in [7, 11) is 0. The lowest BCUT2D eigenvalue weighted by atomic mass is 10.2. The van der Waals surface area contributed by atoms with Crippen LogP contribution in [0.25, 0.3) is 0 Å². The molecule has 0 unspecified atom stereocenters. The van der Waals surface area contributed by atoms with Crippen molar-refractivity contribution in [1.82, 2.24) is 4.98 Å². The van der Waals surface area contributed by atoms with E-state index in [4.69, 9.17) is 9.47 Å². The molecule has 1 aromatic carbocycles. The molecule has 160 valence electrons. The van der Waals surface area contributed by atoms with Crippen LogP contribution in [-0.2, 0) is 4.74 Å². The summed E-state index contributed by atoms with van der Waals surface area (Å²) < 4.78 is 10.3. The predicted molar refractivity (Wildman–Crippen MR) is 108 cm³/mol. The molecule has 30 heavy (non-hydrogen) atoms. The van der Waals surface area contributed by atoms with Gasteiger partial charge in [-0.05, 0) is 44.4 Å². The predicted octanol–water partition coefficient (Wildman–Crippen LogP) is 3.74. The lowest BCUT2D eigenvalue weighted by molar-refractivity contribution is -0.385. The molecular weight excluding hydrogens is 396 g/mol. The molecule has 1 N–H and O–H groups in total. The fourth-order valence-electron chi connectivity index (χ4n) is 2.53. The van der Waals surface area contributed by atoms with Crippen molar-refractivity contribution in [2.75, 3.05) is 25.1 Å². The third kappa shape index (κ3) is 6.69. The molecule has 1 heterocycles. The molecule has 0 amide bonds. The van der Waals surface area contributed by atoms with Crippen LogP contribution in [0.1, 0.15) is 36.5 Å². The van der Waals surface area contributed by atoms with Crippen molar-refractivity contribution >= 4 is 23.2 Å². The van der Waals surface area contributed by atoms with E-state index < -0.39 is 15.8 Å². The molecule has 0 aliphatic heterocycles. The number of benzene rings is 1. The van der Waals surface area contributed by atoms with Crippen molar-refractivity contribution < 1.29 is 24.1 Å². The molecular formula is C19H22N4O7. The number of hydrogen-bond acceptors (Lipinski definition) is 9. The minimum absolute atomic E-state index is 0.0692. The second kappa shape index (κ2) is 11.3. The number of hydrogen-bond donors (Lipinski definition) is 1. The lowest BCUT2D eigenvalue weighted by Crippen LogP contribution is -2.08. The van der Waals surface area contributed by atoms with Crippen molar-refractivity contribution in [2.24, 2.45) is 0 Å². The zero-order valence-corrected chi connectivity index (χ0v) is 16.4. The van der Waals surface area contributed by atoms with Crippen LogP contribution >= 0.6 is 0 Å². The van der Waals surface area contributed by atoms with E-state index in [-0.39, 0.29) is 35.9 Å². The molecule has 0 saturated carbocycles. The number of pyridine rings is 1. The summed E-state index contributed by atoms with van der Waals surface area (Å²) in [5, 5.41) is 24.7. The molecule has 0 atom stereocenters. The summed E-state index contributed by atoms with van der Waals surface area (Å²) in [5.74, 6) is 0.0209. The number of ether oxygens (including phenoxy) is 2. The first-order valence-corrected chi connectivity index (χ1v) is 9.35. The number of nitro benzene ring substituents is 1. The minimum Gasteiger partial charge on any atom is -0.487 e. The fraction of sp³-hybridized carbons (Fsp3) is 0.368. The molecule has 0 spiro atoms. The minimum atomic E-state index is -0.630. The molecule has 0 fully saturated rings. The number of unbranched alkanes of at least 4 members (excludes halogenated alkanes) is 2. The number of nitrogens with zero attached hydrogens (tertiary/aromatic N) is 3. The second-order valence-corrected chi connectivity index (χ2v) is 6.15. The van der Waals surface area contributed by atoms with Gasteiger partial charge in [-0.2, -0.15) is 0 Å². The summed E-state index contributed by atoms with van der Waals surface area (Å²) in [4.78, 5) is 36.6. The van der Waals surface area contributed by atoms with Gasteiger partial charge in [-0.15, -0.1) is 0 Å². The van der Waals surface area contributed by atoms with Crippen LogP contribution in [0.3, 0.4) is 0 Å². The Balaban J connectivity index is 1.69. The van der Waals surface area contributed by atoms with Gasteiger partial charge in [-0.1, -0.05) is 0 Å². The first kappa shape index (κ1) is 22.5. The molecule has 11 heteroatoms. The maximum Gasteiger partial charge on any atom is 0.338 e. The number of nitro groups is 2. The number of nitrogens with one attached hydrogen (secondary N) is 1. The van der Waals surface area contributed by atoms with Gasteiger partial charge in [0, 0.05) is 18.7 Å². The van der Waals surface area contributed by atoms with Gasteiger partial charge in [0.1, 0.15) is 12.0 Å². The number of anilines is 1. The van der Waals surface area contributed by atoms with Crippen LogP contribution in [-0.4, -0.2) is 40.6 Å². The number of aromatic nitrogens is 1. The van der Waals surface area contributed by atoms with Crippen molar-refractivity contribution in [2.45, 2.75) is 26.2 Å². The lowest BCUT2D eigenvalue weighted by Gasteiger charge is -2.08. The topological polar surface area (TPSA) is 147 Å². The number of carbonyl (C=O) groups is 1. The van der Waals surface area contributed by atoms with Crippen LogP contribution in [0, 0.1) is 20.2 Å². The number of rotatable bonds is 12. The van der Waals surface area contributed by atoms with E-state index >= 15 is 0 Å². The highest BCUT2D eigenvalue weighted by Gasteiger charge is 2.19. The Morgan fingerprint density at radius 2 is 1.90 bits per heavy atom. The van der Waals surface area contributed by atoms with Crippen molar-refractivity contribution in [3.8, 4) is 5.75 Å². The van der Waals surface area contributed by atoms with Crippen molar-refractivity contribution in [3.63, 3.8) is 0 Å². The molecule has 0 saturated heterocycles. The van der Waals surface area contributed by atoms with Crippen molar-refractivity contribution in [3.05, 3.63) is 62.3 Å². The van der Waals surface area contributed by atoms with Gasteiger partial charge in [0.15, 0.2) is 5.75 Å². The van der Waals surface area contributed by atoms with Gasteiger partial charge in [-0.25, -0.2) is 9.78 Å². The van der Waals surface area contributed by atoms with Gasteiger partial charge in [0.05, 0.1) is 28.6 Å². The monoisotopic (exact) mass is 418 g/mol. The molecule has 2 rings (SSSR count). The quantitative estimate of drug-likeness (QED) is 0.235. The van der Waals surface area contributed by atoms with Crippen LogP contribution in [0.15, 0.2) is 36.5 Å². The largest absolute Gasteiger partial charge is 0.487 e. The second-order valence-electron chi connectivity index (χ2n) is 6.15. The SMILES string of the molecule is CCOc1ccc(C(=O)OCCCCCNc2ccc([N+](=O)[O-])cn2)cc1[N+](=O)[O-]. The normalized spacial score (nSPS) is 10.3. The maximum absolute atomic E-state index is 12.1. The van der Waals surface area contributed by atoms with Crippen LogP contribution in [0.2, 0.25) is 0 Å². The summed E-state index contributed by atoms with van der Waals surface area (Å²) in [5.41, 5.74) is -0.256. The highest BCUT2D eigenvalue weighted by molar-refractivity contribution is 5.90. The Morgan fingerprint density at radius 3 is 2.53 bits per heavy atom. The average molecular weight is 418 g/mol. The summed E-state index contributed by atoms with van der Waals surface area (Å²) in [6.45, 7) is 2.79.